The molecule has 0 spiro atoms. The Kier molecular flexibility index (Phi) is 11.7. The monoisotopic (exact) mass is 467 g/mol. The Balaban J connectivity index is 0.00000312. The van der Waals surface area contributed by atoms with E-state index in [0.29, 0.717) is 30.6 Å². The zero-order valence-corrected chi connectivity index (χ0v) is 17.5. The van der Waals surface area contributed by atoms with Gasteiger partial charge in [-0.25, -0.2) is 0 Å². The highest BCUT2D eigenvalue weighted by Gasteiger charge is 2.15. The van der Waals surface area contributed by atoms with Crippen LogP contribution in [0.3, 0.4) is 0 Å². The van der Waals surface area contributed by atoms with Gasteiger partial charge in [-0.2, -0.15) is 4.98 Å². The summed E-state index contributed by atoms with van der Waals surface area (Å²) in [6.07, 6.45) is 2.71. The SMILES string of the molecule is CCNC(=NCCCOCC1CCOC1)NCCc1nc(C)no1.I. The fraction of sp³-hybridized carbons (Fsp3) is 0.812. The number of hydrogen-bond donors (Lipinski definition) is 2. The lowest BCUT2D eigenvalue weighted by atomic mass is 10.1. The van der Waals surface area contributed by atoms with E-state index in [-0.39, 0.29) is 24.0 Å². The van der Waals surface area contributed by atoms with Gasteiger partial charge in [0.05, 0.1) is 13.2 Å². The minimum Gasteiger partial charge on any atom is -0.381 e. The van der Waals surface area contributed by atoms with Gasteiger partial charge in [-0.05, 0) is 26.7 Å². The smallest absolute Gasteiger partial charge is 0.228 e. The largest absolute Gasteiger partial charge is 0.381 e. The van der Waals surface area contributed by atoms with Gasteiger partial charge in [-0.3, -0.25) is 4.99 Å². The summed E-state index contributed by atoms with van der Waals surface area (Å²) < 4.78 is 16.1. The third kappa shape index (κ3) is 9.36. The number of nitrogens with one attached hydrogen (secondary N) is 2. The first-order chi connectivity index (χ1) is 11.8. The van der Waals surface area contributed by atoms with E-state index in [0.717, 1.165) is 58.3 Å². The van der Waals surface area contributed by atoms with Gasteiger partial charge < -0.3 is 24.6 Å². The van der Waals surface area contributed by atoms with E-state index < -0.39 is 0 Å². The molecule has 25 heavy (non-hydrogen) atoms. The Morgan fingerprint density at radius 2 is 2.28 bits per heavy atom. The quantitative estimate of drug-likeness (QED) is 0.233. The van der Waals surface area contributed by atoms with Crippen molar-refractivity contribution in [2.45, 2.75) is 33.1 Å². The molecule has 1 aliphatic rings. The third-order valence-electron chi connectivity index (χ3n) is 3.64. The maximum Gasteiger partial charge on any atom is 0.228 e. The highest BCUT2D eigenvalue weighted by molar-refractivity contribution is 14.0. The second kappa shape index (κ2) is 13.3. The molecule has 0 aliphatic carbocycles. The minimum atomic E-state index is 0. The fourth-order valence-corrected chi connectivity index (χ4v) is 2.39. The third-order valence-corrected chi connectivity index (χ3v) is 3.64. The van der Waals surface area contributed by atoms with Gasteiger partial charge in [-0.1, -0.05) is 5.16 Å². The predicted molar refractivity (Wildman–Crippen MR) is 106 cm³/mol. The molecule has 0 saturated carbocycles. The van der Waals surface area contributed by atoms with Gasteiger partial charge in [-0.15, -0.1) is 24.0 Å². The summed E-state index contributed by atoms with van der Waals surface area (Å²) in [6, 6.07) is 0. The van der Waals surface area contributed by atoms with Crippen LogP contribution in [0.1, 0.15) is 31.5 Å². The maximum atomic E-state index is 5.68. The van der Waals surface area contributed by atoms with Crippen LogP contribution < -0.4 is 10.6 Å². The molecule has 1 unspecified atom stereocenters. The van der Waals surface area contributed by atoms with Gasteiger partial charge in [0.1, 0.15) is 0 Å². The Morgan fingerprint density at radius 3 is 2.96 bits per heavy atom. The molecule has 2 N–H and O–H groups in total. The van der Waals surface area contributed by atoms with E-state index in [1.54, 1.807) is 0 Å². The fourth-order valence-electron chi connectivity index (χ4n) is 2.39. The molecule has 0 aromatic carbocycles. The van der Waals surface area contributed by atoms with Crippen LogP contribution in [0.4, 0.5) is 0 Å². The lowest BCUT2D eigenvalue weighted by Crippen LogP contribution is -2.38. The maximum absolute atomic E-state index is 5.68. The number of aliphatic imine (C=N–C) groups is 1. The van der Waals surface area contributed by atoms with Crippen molar-refractivity contribution in [2.24, 2.45) is 10.9 Å². The molecule has 144 valence electrons. The van der Waals surface area contributed by atoms with Crippen LogP contribution in [-0.2, 0) is 15.9 Å². The van der Waals surface area contributed by atoms with Crippen molar-refractivity contribution in [3.63, 3.8) is 0 Å². The van der Waals surface area contributed by atoms with Crippen molar-refractivity contribution in [1.82, 2.24) is 20.8 Å². The van der Waals surface area contributed by atoms with E-state index >= 15 is 0 Å². The first kappa shape index (κ1) is 22.1. The number of halogens is 1. The molecular weight excluding hydrogens is 437 g/mol. The molecule has 0 amide bonds. The lowest BCUT2D eigenvalue weighted by molar-refractivity contribution is 0.0893. The van der Waals surface area contributed by atoms with Gasteiger partial charge in [0.2, 0.25) is 5.89 Å². The Bertz CT molecular complexity index is 492. The molecule has 1 fully saturated rings. The molecule has 1 aliphatic heterocycles. The Hall–Kier alpha value is -0.940. The minimum absolute atomic E-state index is 0. The highest BCUT2D eigenvalue weighted by atomic mass is 127. The van der Waals surface area contributed by atoms with Crippen LogP contribution in [0.2, 0.25) is 0 Å². The van der Waals surface area contributed by atoms with E-state index in [4.69, 9.17) is 14.0 Å². The molecule has 0 bridgehead atoms. The van der Waals surface area contributed by atoms with Crippen molar-refractivity contribution >= 4 is 29.9 Å². The highest BCUT2D eigenvalue weighted by Crippen LogP contribution is 2.12. The number of ether oxygens (including phenoxy) is 2. The summed E-state index contributed by atoms with van der Waals surface area (Å²) in [5.41, 5.74) is 0. The summed E-state index contributed by atoms with van der Waals surface area (Å²) in [7, 11) is 0. The topological polar surface area (TPSA) is 93.8 Å². The Labute approximate surface area is 166 Å². The zero-order valence-electron chi connectivity index (χ0n) is 15.1. The second-order valence-electron chi connectivity index (χ2n) is 5.83. The van der Waals surface area contributed by atoms with E-state index in [9.17, 15) is 0 Å². The second-order valence-corrected chi connectivity index (χ2v) is 5.83. The molecule has 2 heterocycles. The van der Waals surface area contributed by atoms with E-state index in [2.05, 4.69) is 25.8 Å². The Morgan fingerprint density at radius 1 is 1.40 bits per heavy atom. The summed E-state index contributed by atoms with van der Waals surface area (Å²) in [4.78, 5) is 8.72. The number of nitrogens with zero attached hydrogens (tertiary/aromatic N) is 3. The van der Waals surface area contributed by atoms with Crippen molar-refractivity contribution in [2.75, 3.05) is 46.1 Å². The standard InChI is InChI=1S/C16H29N5O3.HI/c1-3-17-16(19-8-5-15-20-13(2)21-24-15)18-7-4-9-22-11-14-6-10-23-12-14;/h14H,3-12H2,1-2H3,(H2,17,18,19);1H. The zero-order chi connectivity index (χ0) is 17.0. The van der Waals surface area contributed by atoms with Crippen LogP contribution in [0.5, 0.6) is 0 Å². The van der Waals surface area contributed by atoms with Crippen LogP contribution >= 0.6 is 24.0 Å². The van der Waals surface area contributed by atoms with Gasteiger partial charge in [0.25, 0.3) is 0 Å². The van der Waals surface area contributed by atoms with Gasteiger partial charge in [0, 0.05) is 45.2 Å². The molecule has 0 radical (unpaired) electrons. The summed E-state index contributed by atoms with van der Waals surface area (Å²) in [6.45, 7) is 9.36. The van der Waals surface area contributed by atoms with Crippen molar-refractivity contribution in [1.29, 1.82) is 0 Å². The number of rotatable bonds is 10. The predicted octanol–water partition coefficient (Wildman–Crippen LogP) is 1.54. The molecule has 1 saturated heterocycles. The van der Waals surface area contributed by atoms with Crippen molar-refractivity contribution < 1.29 is 14.0 Å². The van der Waals surface area contributed by atoms with Gasteiger partial charge in [0.15, 0.2) is 11.8 Å². The first-order valence-electron chi connectivity index (χ1n) is 8.74. The molecular formula is C16H30IN5O3. The van der Waals surface area contributed by atoms with Crippen molar-refractivity contribution in [3.05, 3.63) is 11.7 Å². The van der Waals surface area contributed by atoms with E-state index in [1.807, 2.05) is 13.8 Å². The number of aryl methyl sites for hydroxylation is 1. The lowest BCUT2D eigenvalue weighted by Gasteiger charge is -2.11. The normalized spacial score (nSPS) is 17.4. The van der Waals surface area contributed by atoms with Crippen LogP contribution in [-0.4, -0.2) is 62.2 Å². The molecule has 1 atom stereocenters. The molecule has 2 rings (SSSR count). The molecule has 9 heteroatoms. The first-order valence-corrected chi connectivity index (χ1v) is 8.74. The van der Waals surface area contributed by atoms with Gasteiger partial charge >= 0.3 is 0 Å². The van der Waals surface area contributed by atoms with Crippen molar-refractivity contribution in [3.8, 4) is 0 Å². The van der Waals surface area contributed by atoms with Crippen LogP contribution in [0.15, 0.2) is 9.52 Å². The summed E-state index contributed by atoms with van der Waals surface area (Å²) in [5.74, 6) is 2.67. The van der Waals surface area contributed by atoms with Crippen LogP contribution in [0, 0.1) is 12.8 Å². The summed E-state index contributed by atoms with van der Waals surface area (Å²) in [5, 5.41) is 10.3. The summed E-state index contributed by atoms with van der Waals surface area (Å²) >= 11 is 0. The number of hydrogen-bond acceptors (Lipinski definition) is 6. The molecule has 1 aromatic heterocycles. The average Bonchev–Trinajstić information content (AvgIpc) is 3.22. The number of aromatic nitrogens is 2. The molecule has 8 nitrogen and oxygen atoms in total. The number of guanidine groups is 1. The van der Waals surface area contributed by atoms with E-state index in [1.165, 1.54) is 0 Å². The molecule has 1 aromatic rings. The van der Waals surface area contributed by atoms with Crippen LogP contribution in [0.25, 0.3) is 0 Å². The average molecular weight is 467 g/mol.